The number of H-pyrrole nitrogens is 1. The zero-order valence-corrected chi connectivity index (χ0v) is 21.3. The molecular weight excluding hydrogens is 524 g/mol. The van der Waals surface area contributed by atoms with E-state index in [0.29, 0.717) is 11.2 Å². The van der Waals surface area contributed by atoms with Crippen molar-refractivity contribution in [3.63, 3.8) is 0 Å². The van der Waals surface area contributed by atoms with Gasteiger partial charge in [-0.1, -0.05) is 18.1 Å². The third kappa shape index (κ3) is 5.81. The van der Waals surface area contributed by atoms with Crippen LogP contribution in [0.2, 0.25) is 0 Å². The molecule has 202 valence electrons. The quantitative estimate of drug-likeness (QED) is 0.222. The van der Waals surface area contributed by atoms with Crippen LogP contribution in [-0.2, 0) is 12.7 Å². The van der Waals surface area contributed by atoms with Crippen LogP contribution in [0.4, 0.5) is 23.2 Å². The largest absolute Gasteiger partial charge is 0.416 e. The van der Waals surface area contributed by atoms with Crippen molar-refractivity contribution in [3.8, 4) is 11.8 Å². The molecule has 0 bridgehead atoms. The van der Waals surface area contributed by atoms with Gasteiger partial charge in [0.1, 0.15) is 11.2 Å². The van der Waals surface area contributed by atoms with Gasteiger partial charge in [-0.25, -0.2) is 14.4 Å². The minimum Gasteiger partial charge on any atom is -0.342 e. The maximum absolute atomic E-state index is 13.9. The number of benzene rings is 2. The normalized spacial score (nSPS) is 12.9. The number of carbonyl (C=O) groups excluding carboxylic acids is 1. The first kappa shape index (κ1) is 26.5. The molecule has 40 heavy (non-hydrogen) atoms. The van der Waals surface area contributed by atoms with Crippen LogP contribution in [0, 0.1) is 24.6 Å². The minimum absolute atomic E-state index is 0.00396. The second kappa shape index (κ2) is 10.6. The van der Waals surface area contributed by atoms with E-state index < -0.39 is 23.5 Å². The van der Waals surface area contributed by atoms with Crippen molar-refractivity contribution < 1.29 is 22.4 Å². The number of carbonyl (C=O) groups is 1. The summed E-state index contributed by atoms with van der Waals surface area (Å²) in [6, 6.07) is 8.46. The van der Waals surface area contributed by atoms with Crippen molar-refractivity contribution in [2.24, 2.45) is 0 Å². The van der Waals surface area contributed by atoms with Gasteiger partial charge in [0.2, 0.25) is 0 Å². The molecule has 0 spiro atoms. The molecule has 5 rings (SSSR count). The van der Waals surface area contributed by atoms with Gasteiger partial charge < -0.3 is 15.7 Å². The summed E-state index contributed by atoms with van der Waals surface area (Å²) in [4.78, 5) is 23.8. The van der Waals surface area contributed by atoms with E-state index in [9.17, 15) is 22.4 Å². The van der Waals surface area contributed by atoms with Crippen LogP contribution in [0.15, 0.2) is 72.8 Å². The number of rotatable bonds is 4. The van der Waals surface area contributed by atoms with Crippen LogP contribution < -0.4 is 10.7 Å². The molecule has 3 heterocycles. The Morgan fingerprint density at radius 1 is 1.12 bits per heavy atom. The summed E-state index contributed by atoms with van der Waals surface area (Å²) in [5, 5.41) is 4.07. The molecule has 0 radical (unpaired) electrons. The van der Waals surface area contributed by atoms with Crippen molar-refractivity contribution in [1.82, 2.24) is 25.4 Å². The molecular formula is C29H22F4N6O. The lowest BCUT2D eigenvalue weighted by atomic mass is 10.0. The van der Waals surface area contributed by atoms with E-state index in [2.05, 4.69) is 37.5 Å². The maximum Gasteiger partial charge on any atom is 0.416 e. The van der Waals surface area contributed by atoms with E-state index in [0.717, 1.165) is 23.4 Å². The molecule has 2 aromatic carbocycles. The van der Waals surface area contributed by atoms with E-state index in [1.54, 1.807) is 37.5 Å². The summed E-state index contributed by atoms with van der Waals surface area (Å²) >= 11 is 0. The first-order valence-electron chi connectivity index (χ1n) is 12.1. The Morgan fingerprint density at radius 3 is 2.70 bits per heavy atom. The van der Waals surface area contributed by atoms with E-state index in [4.69, 9.17) is 0 Å². The molecule has 1 aliphatic heterocycles. The van der Waals surface area contributed by atoms with Gasteiger partial charge in [-0.3, -0.25) is 9.80 Å². The smallest absolute Gasteiger partial charge is 0.342 e. The van der Waals surface area contributed by atoms with Gasteiger partial charge in [-0.05, 0) is 66.8 Å². The Morgan fingerprint density at radius 2 is 1.95 bits per heavy atom. The Kier molecular flexibility index (Phi) is 7.00. The van der Waals surface area contributed by atoms with Crippen LogP contribution in [-0.4, -0.2) is 25.9 Å². The fraction of sp³-hybridized carbons (Fsp3) is 0.138. The molecule has 4 aromatic rings. The van der Waals surface area contributed by atoms with Crippen molar-refractivity contribution in [3.05, 3.63) is 112 Å². The van der Waals surface area contributed by atoms with Gasteiger partial charge in [0, 0.05) is 35.4 Å². The average molecular weight is 547 g/mol. The molecule has 0 fully saturated rings. The lowest BCUT2D eigenvalue weighted by Gasteiger charge is -2.25. The molecule has 2 aromatic heterocycles. The van der Waals surface area contributed by atoms with Crippen molar-refractivity contribution in [2.45, 2.75) is 26.6 Å². The third-order valence-electron chi connectivity index (χ3n) is 6.15. The average Bonchev–Trinajstić information content (AvgIpc) is 3.29. The number of hydrazine groups is 1. The fourth-order valence-corrected chi connectivity index (χ4v) is 3.98. The number of nitrogens with zero attached hydrogens (tertiary/aromatic N) is 3. The second-order valence-corrected chi connectivity index (χ2v) is 9.15. The number of hydrogen-bond donors (Lipinski definition) is 3. The Labute approximate surface area is 226 Å². The number of nitrogens with one attached hydrogen (secondary N) is 3. The lowest BCUT2D eigenvalue weighted by Crippen LogP contribution is -2.31. The van der Waals surface area contributed by atoms with Gasteiger partial charge in [0.15, 0.2) is 11.5 Å². The molecule has 11 heteroatoms. The molecule has 7 nitrogen and oxygen atoms in total. The highest BCUT2D eigenvalue weighted by Gasteiger charge is 2.34. The number of hydrogen-bond acceptors (Lipinski definition) is 5. The topological polar surface area (TPSA) is 85.9 Å². The zero-order chi connectivity index (χ0) is 28.4. The summed E-state index contributed by atoms with van der Waals surface area (Å²) in [5.41, 5.74) is 5.13. The monoisotopic (exact) mass is 546 g/mol. The van der Waals surface area contributed by atoms with Crippen LogP contribution >= 0.6 is 0 Å². The first-order chi connectivity index (χ1) is 19.1. The highest BCUT2D eigenvalue weighted by molar-refractivity contribution is 6.04. The first-order valence-corrected chi connectivity index (χ1v) is 12.1. The summed E-state index contributed by atoms with van der Waals surface area (Å²) in [6.07, 6.45) is 3.06. The number of halogens is 4. The van der Waals surface area contributed by atoms with Gasteiger partial charge in [0.05, 0.1) is 18.3 Å². The summed E-state index contributed by atoms with van der Waals surface area (Å²) < 4.78 is 55.5. The Hall–Kier alpha value is -5.11. The molecule has 0 unspecified atom stereocenters. The molecule has 1 aliphatic rings. The number of fused-ring (bicyclic) bond motifs is 1. The van der Waals surface area contributed by atoms with Crippen LogP contribution in [0.3, 0.4) is 0 Å². The number of alkyl halides is 3. The van der Waals surface area contributed by atoms with Gasteiger partial charge in [-0.15, -0.1) is 0 Å². The Balaban J connectivity index is 1.36. The highest BCUT2D eigenvalue weighted by Crippen LogP contribution is 2.34. The predicted molar refractivity (Wildman–Crippen MR) is 142 cm³/mol. The highest BCUT2D eigenvalue weighted by atomic mass is 19.4. The van der Waals surface area contributed by atoms with Crippen molar-refractivity contribution in [2.75, 3.05) is 5.32 Å². The van der Waals surface area contributed by atoms with Crippen molar-refractivity contribution in [1.29, 1.82) is 0 Å². The van der Waals surface area contributed by atoms with E-state index in [-0.39, 0.29) is 34.6 Å². The molecule has 0 atom stereocenters. The SMILES string of the molecule is CC1=CNN(Cc2ccc(NC(=O)c3ccc(C)c(C#Cc4cnc5[nH]cc(F)c5n4)c3)cc2C(F)(F)F)C=C1. The number of amides is 1. The molecule has 0 aliphatic carbocycles. The van der Waals surface area contributed by atoms with Crippen LogP contribution in [0.25, 0.3) is 11.2 Å². The van der Waals surface area contributed by atoms with Crippen molar-refractivity contribution >= 4 is 22.8 Å². The fourth-order valence-electron chi connectivity index (χ4n) is 3.98. The molecule has 3 N–H and O–H groups in total. The van der Waals surface area contributed by atoms with Gasteiger partial charge >= 0.3 is 6.18 Å². The lowest BCUT2D eigenvalue weighted by molar-refractivity contribution is -0.138. The molecule has 0 saturated heterocycles. The minimum atomic E-state index is -4.62. The summed E-state index contributed by atoms with van der Waals surface area (Å²) in [7, 11) is 0. The zero-order valence-electron chi connectivity index (χ0n) is 21.3. The predicted octanol–water partition coefficient (Wildman–Crippen LogP) is 5.81. The van der Waals surface area contributed by atoms with Gasteiger partial charge in [0.25, 0.3) is 5.91 Å². The molecule has 0 saturated carbocycles. The maximum atomic E-state index is 13.9. The number of anilines is 1. The van der Waals surface area contributed by atoms with Crippen LogP contribution in [0.5, 0.6) is 0 Å². The van der Waals surface area contributed by atoms with Gasteiger partial charge in [-0.2, -0.15) is 13.2 Å². The standard InChI is InChI=1S/C29H22F4N6O/c1-17-9-10-39(36-13-17)16-21-6-7-22(12-24(21)29(31,32)33)38-28(40)20-4-3-18(2)19(11-20)5-8-23-14-34-27-26(37-23)25(30)15-35-27/h3-4,6-7,9-15,36H,16H2,1-2H3,(H,34,35)(H,38,40). The second-order valence-electron chi connectivity index (χ2n) is 9.15. The summed E-state index contributed by atoms with van der Waals surface area (Å²) in [6.45, 7) is 3.63. The molecule has 1 amide bonds. The summed E-state index contributed by atoms with van der Waals surface area (Å²) in [5.74, 6) is 4.58. The third-order valence-corrected chi connectivity index (χ3v) is 6.15. The van der Waals surface area contributed by atoms with E-state index >= 15 is 0 Å². The van der Waals surface area contributed by atoms with E-state index in [1.807, 2.05) is 6.92 Å². The number of aromatic amines is 1. The number of aryl methyl sites for hydroxylation is 1. The number of aromatic nitrogens is 3. The Bertz CT molecular complexity index is 1740. The van der Waals surface area contributed by atoms with E-state index in [1.165, 1.54) is 29.4 Å². The van der Waals surface area contributed by atoms with Crippen LogP contribution in [0.1, 0.15) is 45.2 Å². The number of allylic oxidation sites excluding steroid dienone is 2.